The van der Waals surface area contributed by atoms with E-state index in [2.05, 4.69) is 14.5 Å². The van der Waals surface area contributed by atoms with Crippen LogP contribution in [0.2, 0.25) is 5.02 Å². The van der Waals surface area contributed by atoms with Crippen LogP contribution in [0.1, 0.15) is 31.2 Å². The van der Waals surface area contributed by atoms with E-state index in [1.54, 1.807) is 0 Å². The van der Waals surface area contributed by atoms with Gasteiger partial charge in [0.1, 0.15) is 0 Å². The number of hydrogen-bond acceptors (Lipinski definition) is 4. The third-order valence-corrected chi connectivity index (χ3v) is 7.14. The number of anilines is 1. The molecule has 0 aliphatic carbocycles. The number of carbonyl (C=O) groups excluding carboxylic acids is 1. The fourth-order valence-electron chi connectivity index (χ4n) is 5.15. The number of rotatable bonds is 4. The molecule has 0 radical (unpaired) electrons. The Morgan fingerprint density at radius 1 is 1.00 bits per heavy atom. The van der Waals surface area contributed by atoms with Crippen LogP contribution in [0.5, 0.6) is 0 Å². The molecule has 3 aliphatic rings. The second-order valence-corrected chi connectivity index (χ2v) is 9.88. The van der Waals surface area contributed by atoms with E-state index in [-0.39, 0.29) is 18.5 Å². The molecule has 3 heterocycles. The Balaban J connectivity index is 1.30. The van der Waals surface area contributed by atoms with E-state index in [4.69, 9.17) is 11.6 Å². The van der Waals surface area contributed by atoms with Gasteiger partial charge in [0, 0.05) is 56.5 Å². The van der Waals surface area contributed by atoms with Crippen LogP contribution < -0.4 is 4.90 Å². The molecule has 1 aromatic carbocycles. The predicted molar refractivity (Wildman–Crippen MR) is 114 cm³/mol. The topological polar surface area (TPSA) is 36.0 Å². The summed E-state index contributed by atoms with van der Waals surface area (Å²) in [4.78, 5) is 17.5. The number of piperidine rings is 1. The van der Waals surface area contributed by atoms with Crippen molar-refractivity contribution in [2.24, 2.45) is 5.41 Å². The summed E-state index contributed by atoms with van der Waals surface area (Å²) in [6, 6.07) is 5.87. The van der Waals surface area contributed by atoms with Crippen LogP contribution in [0.4, 0.5) is 36.8 Å². The zero-order valence-electron chi connectivity index (χ0n) is 18.4. The number of halogens is 7. The molecule has 5 nitrogen and oxygen atoms in total. The number of nitrogens with zero attached hydrogens (tertiary/aromatic N) is 3. The van der Waals surface area contributed by atoms with Crippen molar-refractivity contribution in [1.82, 2.24) is 9.80 Å². The lowest BCUT2D eigenvalue weighted by Crippen LogP contribution is -2.60. The van der Waals surface area contributed by atoms with Gasteiger partial charge in [0.25, 0.3) is 6.10 Å². The van der Waals surface area contributed by atoms with Crippen LogP contribution >= 0.6 is 11.6 Å². The molecule has 3 fully saturated rings. The normalized spacial score (nSPS) is 21.3. The van der Waals surface area contributed by atoms with Gasteiger partial charge in [0.2, 0.25) is 0 Å². The lowest BCUT2D eigenvalue weighted by Gasteiger charge is -2.54. The Morgan fingerprint density at radius 2 is 1.59 bits per heavy atom. The highest BCUT2D eigenvalue weighted by Gasteiger charge is 2.60. The van der Waals surface area contributed by atoms with Crippen molar-refractivity contribution in [2.75, 3.05) is 44.2 Å². The summed E-state index contributed by atoms with van der Waals surface area (Å²) in [5, 5.41) is 0.684. The van der Waals surface area contributed by atoms with Gasteiger partial charge in [0.05, 0.1) is 0 Å². The average Bonchev–Trinajstić information content (AvgIpc) is 3.25. The Bertz CT molecular complexity index is 874. The Labute approximate surface area is 198 Å². The van der Waals surface area contributed by atoms with Crippen LogP contribution in [0.3, 0.4) is 0 Å². The molecule has 0 N–H and O–H groups in total. The van der Waals surface area contributed by atoms with Crippen LogP contribution in [-0.2, 0) is 11.3 Å². The van der Waals surface area contributed by atoms with Crippen molar-refractivity contribution >= 4 is 23.4 Å². The molecule has 0 aromatic heterocycles. The molecule has 12 heteroatoms. The van der Waals surface area contributed by atoms with Crippen LogP contribution in [0, 0.1) is 5.41 Å². The van der Waals surface area contributed by atoms with Gasteiger partial charge in [-0.1, -0.05) is 17.7 Å². The first-order valence-electron chi connectivity index (χ1n) is 11.2. The Kier molecular flexibility index (Phi) is 6.89. The summed E-state index contributed by atoms with van der Waals surface area (Å²) in [6.45, 7) is 4.36. The largest absolute Gasteiger partial charge is 0.434 e. The third kappa shape index (κ3) is 5.50. The lowest BCUT2D eigenvalue weighted by molar-refractivity contribution is -0.308. The maximum atomic E-state index is 12.7. The molecule has 0 atom stereocenters. The second kappa shape index (κ2) is 9.29. The first-order chi connectivity index (χ1) is 15.9. The number of amides is 1. The van der Waals surface area contributed by atoms with Crippen molar-refractivity contribution in [3.63, 3.8) is 0 Å². The fraction of sp³-hybridized carbons (Fsp3) is 0.682. The highest BCUT2D eigenvalue weighted by Crippen LogP contribution is 2.43. The van der Waals surface area contributed by atoms with E-state index in [0.29, 0.717) is 17.9 Å². The second-order valence-electron chi connectivity index (χ2n) is 9.45. The van der Waals surface area contributed by atoms with Crippen molar-refractivity contribution in [1.29, 1.82) is 0 Å². The van der Waals surface area contributed by atoms with Gasteiger partial charge in [0.15, 0.2) is 0 Å². The van der Waals surface area contributed by atoms with Gasteiger partial charge in [-0.15, -0.1) is 0 Å². The number of likely N-dealkylation sites (tertiary alicyclic amines) is 2. The van der Waals surface area contributed by atoms with Crippen molar-refractivity contribution < 1.29 is 35.9 Å². The van der Waals surface area contributed by atoms with Crippen molar-refractivity contribution in [2.45, 2.75) is 50.7 Å². The zero-order chi connectivity index (χ0) is 24.7. The van der Waals surface area contributed by atoms with Gasteiger partial charge >= 0.3 is 18.4 Å². The number of alkyl halides is 6. The van der Waals surface area contributed by atoms with E-state index in [9.17, 15) is 31.1 Å². The smallest absolute Gasteiger partial charge is 0.426 e. The zero-order valence-corrected chi connectivity index (χ0v) is 19.1. The maximum Gasteiger partial charge on any atom is 0.434 e. The van der Waals surface area contributed by atoms with E-state index >= 15 is 0 Å². The van der Waals surface area contributed by atoms with Gasteiger partial charge in [-0.3, -0.25) is 4.90 Å². The SMILES string of the molecule is O=C(OC(C(F)(F)F)C(F)(F)F)N1CCC2(CC1)CN(Cc1ccc(Cl)cc1N1CCCC1)C2. The maximum absolute atomic E-state index is 12.7. The molecule has 0 bridgehead atoms. The quantitative estimate of drug-likeness (QED) is 0.500. The highest BCUT2D eigenvalue weighted by atomic mass is 35.5. The summed E-state index contributed by atoms with van der Waals surface area (Å²) in [6.07, 6.45) is -13.8. The number of hydrogen-bond donors (Lipinski definition) is 0. The summed E-state index contributed by atoms with van der Waals surface area (Å²) >= 11 is 6.21. The molecule has 1 spiro atoms. The van der Waals surface area contributed by atoms with Gasteiger partial charge in [-0.2, -0.15) is 26.3 Å². The van der Waals surface area contributed by atoms with Crippen molar-refractivity contribution in [3.05, 3.63) is 28.8 Å². The molecule has 190 valence electrons. The van der Waals surface area contributed by atoms with E-state index < -0.39 is 24.5 Å². The lowest BCUT2D eigenvalue weighted by atomic mass is 9.72. The summed E-state index contributed by atoms with van der Waals surface area (Å²) in [5.74, 6) is 0. The average molecular weight is 514 g/mol. The monoisotopic (exact) mass is 513 g/mol. The predicted octanol–water partition coefficient (Wildman–Crippen LogP) is 5.47. The summed E-state index contributed by atoms with van der Waals surface area (Å²) in [5.41, 5.74) is 2.21. The van der Waals surface area contributed by atoms with Crippen LogP contribution in [-0.4, -0.2) is 73.6 Å². The Morgan fingerprint density at radius 3 is 2.15 bits per heavy atom. The van der Waals surface area contributed by atoms with E-state index in [1.807, 2.05) is 18.2 Å². The molecule has 1 aromatic rings. The van der Waals surface area contributed by atoms with Crippen molar-refractivity contribution in [3.8, 4) is 0 Å². The van der Waals surface area contributed by atoms with E-state index in [0.717, 1.165) is 56.2 Å². The minimum Gasteiger partial charge on any atom is -0.426 e. The van der Waals surface area contributed by atoms with Gasteiger partial charge < -0.3 is 14.5 Å². The standard InChI is InChI=1S/C22H26ClF6N3O2/c23-16-4-3-15(17(11-16)31-7-1-2-8-31)12-30-13-20(14-30)5-9-32(10-6-20)19(33)34-18(21(24,25)26)22(27,28)29/h3-4,11,18H,1-2,5-10,12-14H2. The summed E-state index contributed by atoms with van der Waals surface area (Å²) in [7, 11) is 0. The van der Waals surface area contributed by atoms with Crippen LogP contribution in [0.15, 0.2) is 18.2 Å². The molecule has 34 heavy (non-hydrogen) atoms. The molecule has 0 saturated carbocycles. The summed E-state index contributed by atoms with van der Waals surface area (Å²) < 4.78 is 79.8. The van der Waals surface area contributed by atoms with Gasteiger partial charge in [-0.05, 0) is 48.8 Å². The molecular formula is C22H26ClF6N3O2. The molecular weight excluding hydrogens is 488 g/mol. The minimum atomic E-state index is -5.71. The number of carbonyl (C=O) groups is 1. The molecule has 1 amide bonds. The van der Waals surface area contributed by atoms with E-state index in [1.165, 1.54) is 5.56 Å². The highest BCUT2D eigenvalue weighted by molar-refractivity contribution is 6.30. The number of benzene rings is 1. The number of ether oxygens (including phenoxy) is 1. The first-order valence-corrected chi connectivity index (χ1v) is 11.6. The molecule has 0 unspecified atom stereocenters. The fourth-order valence-corrected chi connectivity index (χ4v) is 5.32. The molecule has 3 aliphatic heterocycles. The third-order valence-electron chi connectivity index (χ3n) is 6.90. The molecule has 4 rings (SSSR count). The first kappa shape index (κ1) is 25.2. The van der Waals surface area contributed by atoms with Crippen LogP contribution in [0.25, 0.3) is 0 Å². The molecule has 3 saturated heterocycles. The Hall–Kier alpha value is -1.88. The van der Waals surface area contributed by atoms with Gasteiger partial charge in [-0.25, -0.2) is 4.79 Å². The minimum absolute atomic E-state index is 0.0646.